The first-order valence-corrected chi connectivity index (χ1v) is 8.74. The molecule has 0 unspecified atom stereocenters. The maximum absolute atomic E-state index is 12.9. The summed E-state index contributed by atoms with van der Waals surface area (Å²) in [6, 6.07) is 5.85. The van der Waals surface area contributed by atoms with Gasteiger partial charge in [-0.25, -0.2) is 0 Å². The van der Waals surface area contributed by atoms with Crippen LogP contribution in [-0.4, -0.2) is 22.8 Å². The SMILES string of the molecule is Cc1ccc(C2=C(Cl)C(=O)N(C3CCCCCC3)C2=O)c(C)c1. The minimum atomic E-state index is -0.321. The van der Waals surface area contributed by atoms with Gasteiger partial charge >= 0.3 is 0 Å². The molecule has 23 heavy (non-hydrogen) atoms. The second-order valence-electron chi connectivity index (χ2n) is 6.63. The zero-order valence-electron chi connectivity index (χ0n) is 13.7. The highest BCUT2D eigenvalue weighted by Crippen LogP contribution is 2.36. The predicted molar refractivity (Wildman–Crippen MR) is 92.0 cm³/mol. The molecule has 0 saturated heterocycles. The molecule has 1 aromatic carbocycles. The summed E-state index contributed by atoms with van der Waals surface area (Å²) in [7, 11) is 0. The zero-order chi connectivity index (χ0) is 16.6. The van der Waals surface area contributed by atoms with E-state index in [1.54, 1.807) is 0 Å². The van der Waals surface area contributed by atoms with Crippen LogP contribution >= 0.6 is 11.6 Å². The molecule has 0 radical (unpaired) electrons. The van der Waals surface area contributed by atoms with Gasteiger partial charge in [0.2, 0.25) is 0 Å². The van der Waals surface area contributed by atoms with E-state index in [2.05, 4.69) is 0 Å². The van der Waals surface area contributed by atoms with Gasteiger partial charge in [-0.2, -0.15) is 0 Å². The standard InChI is InChI=1S/C19H22ClNO2/c1-12-9-10-15(13(2)11-12)16-17(20)19(23)21(18(16)22)14-7-5-3-4-6-8-14/h9-11,14H,3-8H2,1-2H3. The molecule has 0 N–H and O–H groups in total. The van der Waals surface area contributed by atoms with Crippen LogP contribution in [0.4, 0.5) is 0 Å². The molecule has 1 aliphatic carbocycles. The number of hydrogen-bond acceptors (Lipinski definition) is 2. The summed E-state index contributed by atoms with van der Waals surface area (Å²) in [4.78, 5) is 27.0. The molecule has 0 bridgehead atoms. The lowest BCUT2D eigenvalue weighted by Crippen LogP contribution is -2.40. The molecule has 1 heterocycles. The highest BCUT2D eigenvalue weighted by Gasteiger charge is 2.42. The third-order valence-electron chi connectivity index (χ3n) is 4.90. The molecule has 0 spiro atoms. The van der Waals surface area contributed by atoms with Crippen LogP contribution in [0.1, 0.15) is 55.2 Å². The van der Waals surface area contributed by atoms with Crippen molar-refractivity contribution in [3.8, 4) is 0 Å². The van der Waals surface area contributed by atoms with Gasteiger partial charge in [0.05, 0.1) is 5.57 Å². The number of imide groups is 1. The molecule has 1 saturated carbocycles. The van der Waals surface area contributed by atoms with E-state index in [0.29, 0.717) is 5.57 Å². The summed E-state index contributed by atoms with van der Waals surface area (Å²) in [6.07, 6.45) is 6.27. The number of rotatable bonds is 2. The van der Waals surface area contributed by atoms with Gasteiger partial charge in [0.1, 0.15) is 5.03 Å². The molecule has 3 nitrogen and oxygen atoms in total. The number of hydrogen-bond donors (Lipinski definition) is 0. The number of amides is 2. The van der Waals surface area contributed by atoms with Crippen LogP contribution in [0.25, 0.3) is 5.57 Å². The predicted octanol–water partition coefficient (Wildman–Crippen LogP) is 4.34. The Balaban J connectivity index is 1.96. The van der Waals surface area contributed by atoms with Gasteiger partial charge in [-0.3, -0.25) is 14.5 Å². The van der Waals surface area contributed by atoms with Crippen molar-refractivity contribution in [3.05, 3.63) is 39.9 Å². The van der Waals surface area contributed by atoms with Gasteiger partial charge in [-0.1, -0.05) is 61.0 Å². The van der Waals surface area contributed by atoms with E-state index in [-0.39, 0.29) is 22.9 Å². The van der Waals surface area contributed by atoms with Gasteiger partial charge < -0.3 is 0 Å². The molecule has 1 aromatic rings. The fourth-order valence-electron chi connectivity index (χ4n) is 3.69. The van der Waals surface area contributed by atoms with Crippen LogP contribution in [-0.2, 0) is 9.59 Å². The van der Waals surface area contributed by atoms with Crippen LogP contribution < -0.4 is 0 Å². The summed E-state index contributed by atoms with van der Waals surface area (Å²) in [5, 5.41) is 0.0752. The van der Waals surface area contributed by atoms with Crippen LogP contribution in [0.2, 0.25) is 0 Å². The molecule has 1 fully saturated rings. The molecule has 3 rings (SSSR count). The lowest BCUT2D eigenvalue weighted by Gasteiger charge is -2.25. The summed E-state index contributed by atoms with van der Waals surface area (Å²) in [6.45, 7) is 3.96. The minimum Gasteiger partial charge on any atom is -0.270 e. The third-order valence-corrected chi connectivity index (χ3v) is 5.25. The molecule has 1 aliphatic heterocycles. The van der Waals surface area contributed by atoms with Crippen molar-refractivity contribution in [1.29, 1.82) is 0 Å². The van der Waals surface area contributed by atoms with Crippen molar-refractivity contribution in [3.63, 3.8) is 0 Å². The van der Waals surface area contributed by atoms with E-state index < -0.39 is 0 Å². The first-order chi connectivity index (χ1) is 11.0. The van der Waals surface area contributed by atoms with Gasteiger partial charge in [0.25, 0.3) is 11.8 Å². The second kappa shape index (κ2) is 6.48. The van der Waals surface area contributed by atoms with E-state index in [1.165, 1.54) is 17.7 Å². The second-order valence-corrected chi connectivity index (χ2v) is 7.01. The van der Waals surface area contributed by atoms with E-state index >= 15 is 0 Å². The summed E-state index contributed by atoms with van der Waals surface area (Å²) in [5.74, 6) is -0.544. The number of benzene rings is 1. The van der Waals surface area contributed by atoms with Crippen LogP contribution in [0.3, 0.4) is 0 Å². The van der Waals surface area contributed by atoms with Crippen molar-refractivity contribution >= 4 is 29.0 Å². The Kier molecular flexibility index (Phi) is 4.58. The Morgan fingerprint density at radius 3 is 2.26 bits per heavy atom. The Morgan fingerprint density at radius 1 is 1.00 bits per heavy atom. The van der Waals surface area contributed by atoms with Gasteiger partial charge in [-0.05, 0) is 37.8 Å². The van der Waals surface area contributed by atoms with Gasteiger partial charge in [0.15, 0.2) is 0 Å². The highest BCUT2D eigenvalue weighted by molar-refractivity contribution is 6.55. The van der Waals surface area contributed by atoms with Gasteiger partial charge in [0, 0.05) is 6.04 Å². The van der Waals surface area contributed by atoms with Crippen LogP contribution in [0.15, 0.2) is 23.2 Å². The number of carbonyl (C=O) groups is 2. The molecule has 2 amide bonds. The summed E-state index contributed by atoms with van der Waals surface area (Å²) in [5.41, 5.74) is 3.25. The Labute approximate surface area is 142 Å². The lowest BCUT2D eigenvalue weighted by atomic mass is 9.98. The molecule has 2 aliphatic rings. The molecule has 122 valence electrons. The maximum atomic E-state index is 12.9. The fourth-order valence-corrected chi connectivity index (χ4v) is 3.97. The first-order valence-electron chi connectivity index (χ1n) is 8.36. The molecular weight excluding hydrogens is 310 g/mol. The number of aryl methyl sites for hydroxylation is 2. The summed E-state index contributed by atoms with van der Waals surface area (Å²) < 4.78 is 0. The van der Waals surface area contributed by atoms with Crippen molar-refractivity contribution in [1.82, 2.24) is 4.90 Å². The molecule has 4 heteroatoms. The fraction of sp³-hybridized carbons (Fsp3) is 0.474. The molecular formula is C19H22ClNO2. The smallest absolute Gasteiger partial charge is 0.270 e. The number of halogens is 1. The Bertz CT molecular complexity index is 685. The van der Waals surface area contributed by atoms with E-state index in [9.17, 15) is 9.59 Å². The quantitative estimate of drug-likeness (QED) is 0.597. The van der Waals surface area contributed by atoms with Crippen molar-refractivity contribution < 1.29 is 9.59 Å². The van der Waals surface area contributed by atoms with Crippen LogP contribution in [0.5, 0.6) is 0 Å². The average molecular weight is 332 g/mol. The third kappa shape index (κ3) is 2.94. The number of nitrogens with zero attached hydrogens (tertiary/aromatic N) is 1. The topological polar surface area (TPSA) is 37.4 Å². The minimum absolute atomic E-state index is 0.00509. The van der Waals surface area contributed by atoms with E-state index in [0.717, 1.165) is 42.4 Å². The number of carbonyl (C=O) groups excluding carboxylic acids is 2. The summed E-state index contributed by atoms with van der Waals surface area (Å²) >= 11 is 6.29. The molecule has 0 atom stereocenters. The average Bonchev–Trinajstić information content (AvgIpc) is 2.71. The van der Waals surface area contributed by atoms with Crippen molar-refractivity contribution in [2.45, 2.75) is 58.4 Å². The van der Waals surface area contributed by atoms with Crippen LogP contribution in [0, 0.1) is 13.8 Å². The molecule has 0 aromatic heterocycles. The van der Waals surface area contributed by atoms with E-state index in [1.807, 2.05) is 32.0 Å². The Hall–Kier alpha value is -1.61. The highest BCUT2D eigenvalue weighted by atomic mass is 35.5. The zero-order valence-corrected chi connectivity index (χ0v) is 14.4. The largest absolute Gasteiger partial charge is 0.273 e. The van der Waals surface area contributed by atoms with E-state index in [4.69, 9.17) is 11.6 Å². The van der Waals surface area contributed by atoms with Gasteiger partial charge in [-0.15, -0.1) is 0 Å². The monoisotopic (exact) mass is 331 g/mol. The lowest BCUT2D eigenvalue weighted by molar-refractivity contribution is -0.139. The van der Waals surface area contributed by atoms with Crippen molar-refractivity contribution in [2.75, 3.05) is 0 Å². The van der Waals surface area contributed by atoms with Crippen molar-refractivity contribution in [2.24, 2.45) is 0 Å². The Morgan fingerprint density at radius 2 is 1.65 bits per heavy atom. The maximum Gasteiger partial charge on any atom is 0.273 e. The first kappa shape index (κ1) is 16.3. The normalized spacial score (nSPS) is 20.4.